The molecule has 1 aliphatic rings. The van der Waals surface area contributed by atoms with Crippen LogP contribution in [0, 0.1) is 0 Å². The van der Waals surface area contributed by atoms with Gasteiger partial charge in [-0.05, 0) is 47.9 Å². The van der Waals surface area contributed by atoms with E-state index in [1.165, 1.54) is 0 Å². The van der Waals surface area contributed by atoms with E-state index < -0.39 is 0 Å². The van der Waals surface area contributed by atoms with Crippen molar-refractivity contribution < 1.29 is 19.1 Å². The maximum Gasteiger partial charge on any atom is 0.315 e. The summed E-state index contributed by atoms with van der Waals surface area (Å²) in [6.07, 6.45) is 0.822. The molecule has 28 heavy (non-hydrogen) atoms. The zero-order chi connectivity index (χ0) is 19.9. The Morgan fingerprint density at radius 3 is 2.57 bits per heavy atom. The molecule has 0 saturated heterocycles. The molecule has 0 aliphatic carbocycles. The minimum absolute atomic E-state index is 0.0381. The lowest BCUT2D eigenvalue weighted by molar-refractivity contribution is 0.0989. The first-order chi connectivity index (χ1) is 13.6. The van der Waals surface area contributed by atoms with Crippen molar-refractivity contribution >= 4 is 17.6 Å². The van der Waals surface area contributed by atoms with E-state index in [9.17, 15) is 9.59 Å². The van der Waals surface area contributed by atoms with E-state index in [1.54, 1.807) is 43.4 Å². The van der Waals surface area contributed by atoms with E-state index in [0.717, 1.165) is 29.0 Å². The molecule has 2 N–H and O–H groups in total. The normalized spacial score (nSPS) is 12.4. The van der Waals surface area contributed by atoms with Crippen molar-refractivity contribution in [3.05, 3.63) is 59.2 Å². The molecule has 0 radical (unpaired) electrons. The molecule has 0 atom stereocenters. The molecule has 0 spiro atoms. The minimum atomic E-state index is -0.247. The number of urea groups is 1. The fourth-order valence-electron chi connectivity index (χ4n) is 3.15. The molecule has 3 amide bonds. The summed E-state index contributed by atoms with van der Waals surface area (Å²) in [4.78, 5) is 26.5. The van der Waals surface area contributed by atoms with Crippen LogP contribution < -0.4 is 20.3 Å². The van der Waals surface area contributed by atoms with Gasteiger partial charge in [-0.2, -0.15) is 0 Å². The van der Waals surface area contributed by atoms with Crippen LogP contribution in [0.2, 0.25) is 0 Å². The summed E-state index contributed by atoms with van der Waals surface area (Å²) in [6.45, 7) is 1.95. The van der Waals surface area contributed by atoms with E-state index >= 15 is 0 Å². The Kier molecular flexibility index (Phi) is 6.49. The number of ether oxygens (including phenoxy) is 2. The second-order valence-corrected chi connectivity index (χ2v) is 6.50. The van der Waals surface area contributed by atoms with Crippen molar-refractivity contribution in [2.45, 2.75) is 13.0 Å². The van der Waals surface area contributed by atoms with Crippen molar-refractivity contribution in [3.63, 3.8) is 0 Å². The second kappa shape index (κ2) is 9.23. The maximum absolute atomic E-state index is 12.9. The highest BCUT2D eigenvalue weighted by Gasteiger charge is 2.25. The zero-order valence-electron chi connectivity index (χ0n) is 16.2. The van der Waals surface area contributed by atoms with Crippen molar-refractivity contribution in [2.75, 3.05) is 38.8 Å². The summed E-state index contributed by atoms with van der Waals surface area (Å²) in [5.74, 6) is 0.680. The quantitative estimate of drug-likeness (QED) is 0.720. The molecule has 2 aromatic carbocycles. The zero-order valence-corrected chi connectivity index (χ0v) is 16.2. The van der Waals surface area contributed by atoms with Crippen molar-refractivity contribution in [3.8, 4) is 5.75 Å². The number of nitrogens with zero attached hydrogens (tertiary/aromatic N) is 1. The lowest BCUT2D eigenvalue weighted by Crippen LogP contribution is -2.36. The molecular weight excluding hydrogens is 358 g/mol. The van der Waals surface area contributed by atoms with Gasteiger partial charge < -0.3 is 25.0 Å². The molecule has 0 bridgehead atoms. The first kappa shape index (κ1) is 19.7. The highest BCUT2D eigenvalue weighted by atomic mass is 16.5. The minimum Gasteiger partial charge on any atom is -0.497 e. The van der Waals surface area contributed by atoms with Crippen LogP contribution in [-0.2, 0) is 17.7 Å². The molecule has 3 rings (SSSR count). The van der Waals surface area contributed by atoms with Crippen LogP contribution in [0.4, 0.5) is 10.5 Å². The molecular formula is C21H25N3O4. The van der Waals surface area contributed by atoms with Gasteiger partial charge in [-0.3, -0.25) is 4.79 Å². The number of amides is 3. The summed E-state index contributed by atoms with van der Waals surface area (Å²) in [6, 6.07) is 12.8. The van der Waals surface area contributed by atoms with Crippen LogP contribution in [0.1, 0.15) is 21.5 Å². The van der Waals surface area contributed by atoms with Crippen LogP contribution in [0.3, 0.4) is 0 Å². The van der Waals surface area contributed by atoms with E-state index in [2.05, 4.69) is 10.6 Å². The number of anilines is 1. The fraction of sp³-hybridized carbons (Fsp3) is 0.333. The fourth-order valence-corrected chi connectivity index (χ4v) is 3.15. The van der Waals surface area contributed by atoms with Gasteiger partial charge in [0.15, 0.2) is 0 Å². The van der Waals surface area contributed by atoms with Gasteiger partial charge in [0.05, 0.1) is 13.7 Å². The van der Waals surface area contributed by atoms with Gasteiger partial charge in [0, 0.05) is 38.0 Å². The Morgan fingerprint density at radius 1 is 1.07 bits per heavy atom. The van der Waals surface area contributed by atoms with Crippen LogP contribution >= 0.6 is 0 Å². The lowest BCUT2D eigenvalue weighted by atomic mass is 10.1. The molecule has 1 heterocycles. The number of benzene rings is 2. The largest absolute Gasteiger partial charge is 0.497 e. The first-order valence-corrected chi connectivity index (χ1v) is 9.20. The Bertz CT molecular complexity index is 836. The molecule has 148 valence electrons. The predicted octanol–water partition coefficient (Wildman–Crippen LogP) is 2.34. The monoisotopic (exact) mass is 383 g/mol. The number of fused-ring (bicyclic) bond motifs is 1. The summed E-state index contributed by atoms with van der Waals surface area (Å²) < 4.78 is 10.1. The van der Waals surface area contributed by atoms with E-state index in [-0.39, 0.29) is 11.9 Å². The molecule has 0 aromatic heterocycles. The predicted molar refractivity (Wildman–Crippen MR) is 107 cm³/mol. The molecule has 0 fully saturated rings. The Balaban J connectivity index is 1.66. The SMILES string of the molecule is COCCNC(=O)NCc1ccc2c(c1)N(C(=O)c1ccc(OC)cc1)CC2. The highest BCUT2D eigenvalue weighted by molar-refractivity contribution is 6.07. The summed E-state index contributed by atoms with van der Waals surface area (Å²) >= 11 is 0. The van der Waals surface area contributed by atoms with Gasteiger partial charge in [0.25, 0.3) is 5.91 Å². The summed E-state index contributed by atoms with van der Waals surface area (Å²) in [5.41, 5.74) is 3.60. The average Bonchev–Trinajstić information content (AvgIpc) is 3.15. The molecule has 0 unspecified atom stereocenters. The first-order valence-electron chi connectivity index (χ1n) is 9.20. The third kappa shape index (κ3) is 4.61. The van der Waals surface area contributed by atoms with Gasteiger partial charge in [0.1, 0.15) is 5.75 Å². The summed E-state index contributed by atoms with van der Waals surface area (Å²) in [7, 11) is 3.18. The van der Waals surface area contributed by atoms with Gasteiger partial charge in [-0.15, -0.1) is 0 Å². The number of carbonyl (C=O) groups excluding carboxylic acids is 2. The van der Waals surface area contributed by atoms with Crippen molar-refractivity contribution in [1.29, 1.82) is 0 Å². The van der Waals surface area contributed by atoms with Crippen molar-refractivity contribution in [2.24, 2.45) is 0 Å². The molecule has 0 saturated carbocycles. The topological polar surface area (TPSA) is 79.9 Å². The standard InChI is InChI=1S/C21H25N3O4/c1-27-12-10-22-21(26)23-14-15-3-4-16-9-11-24(19(16)13-15)20(25)17-5-7-18(28-2)8-6-17/h3-8,13H,9-12,14H2,1-2H3,(H2,22,23,26). The van der Waals surface area contributed by atoms with E-state index in [4.69, 9.17) is 9.47 Å². The van der Waals surface area contributed by atoms with Gasteiger partial charge in [0.2, 0.25) is 0 Å². The number of nitrogens with one attached hydrogen (secondary N) is 2. The Hall–Kier alpha value is -3.06. The van der Waals surface area contributed by atoms with Gasteiger partial charge >= 0.3 is 6.03 Å². The number of methoxy groups -OCH3 is 2. The number of hydrogen-bond acceptors (Lipinski definition) is 4. The second-order valence-electron chi connectivity index (χ2n) is 6.50. The summed E-state index contributed by atoms with van der Waals surface area (Å²) in [5, 5.41) is 5.53. The van der Waals surface area contributed by atoms with E-state index in [0.29, 0.717) is 31.8 Å². The molecule has 7 heteroatoms. The number of carbonyl (C=O) groups is 2. The van der Waals surface area contributed by atoms with Gasteiger partial charge in [-0.25, -0.2) is 4.79 Å². The Labute approximate surface area is 164 Å². The maximum atomic E-state index is 12.9. The lowest BCUT2D eigenvalue weighted by Gasteiger charge is -2.18. The van der Waals surface area contributed by atoms with Crippen molar-refractivity contribution in [1.82, 2.24) is 10.6 Å². The van der Waals surface area contributed by atoms with Gasteiger partial charge in [-0.1, -0.05) is 12.1 Å². The highest BCUT2D eigenvalue weighted by Crippen LogP contribution is 2.30. The van der Waals surface area contributed by atoms with Crippen LogP contribution in [-0.4, -0.2) is 45.9 Å². The third-order valence-electron chi connectivity index (χ3n) is 4.67. The smallest absolute Gasteiger partial charge is 0.315 e. The molecule has 1 aliphatic heterocycles. The third-order valence-corrected chi connectivity index (χ3v) is 4.67. The number of hydrogen-bond donors (Lipinski definition) is 2. The van der Waals surface area contributed by atoms with Crippen LogP contribution in [0.15, 0.2) is 42.5 Å². The van der Waals surface area contributed by atoms with Crippen LogP contribution in [0.5, 0.6) is 5.75 Å². The molecule has 2 aromatic rings. The van der Waals surface area contributed by atoms with Crippen LogP contribution in [0.25, 0.3) is 0 Å². The molecule has 7 nitrogen and oxygen atoms in total. The van der Waals surface area contributed by atoms with E-state index in [1.807, 2.05) is 18.2 Å². The number of rotatable bonds is 7. The Morgan fingerprint density at radius 2 is 1.86 bits per heavy atom. The average molecular weight is 383 g/mol.